The Morgan fingerprint density at radius 3 is 2.78 bits per heavy atom. The minimum absolute atomic E-state index is 0.326. The molecule has 8 heteroatoms. The Morgan fingerprint density at radius 2 is 2.17 bits per heavy atom. The molecule has 96 valence electrons. The van der Waals surface area contributed by atoms with Gasteiger partial charge in [-0.2, -0.15) is 5.10 Å². The van der Waals surface area contributed by atoms with Crippen LogP contribution in [0.4, 0.5) is 5.69 Å². The zero-order valence-electron chi connectivity index (χ0n) is 9.05. The predicted octanol–water partition coefficient (Wildman–Crippen LogP) is 2.46. The number of benzene rings is 1. The number of hydrogen-bond acceptors (Lipinski definition) is 3. The van der Waals surface area contributed by atoms with E-state index in [1.54, 1.807) is 30.6 Å². The van der Waals surface area contributed by atoms with Crippen LogP contribution in [0.1, 0.15) is 0 Å². The second kappa shape index (κ2) is 5.17. The van der Waals surface area contributed by atoms with Crippen LogP contribution in [0.25, 0.3) is 5.69 Å². The van der Waals surface area contributed by atoms with Crippen molar-refractivity contribution in [2.45, 2.75) is 0 Å². The molecule has 0 saturated heterocycles. The van der Waals surface area contributed by atoms with Crippen LogP contribution < -0.4 is 4.72 Å². The summed E-state index contributed by atoms with van der Waals surface area (Å²) in [5, 5.41) is 3.92. The Bertz CT molecular complexity index is 641. The largest absolute Gasteiger partial charge is 0.280 e. The maximum Gasteiger partial charge on any atom is 0.246 e. The van der Waals surface area contributed by atoms with Crippen LogP contribution in [0, 0.1) is 0 Å². The van der Waals surface area contributed by atoms with Gasteiger partial charge in [0.2, 0.25) is 10.0 Å². The van der Waals surface area contributed by atoms with Crippen LogP contribution in [0.5, 0.6) is 0 Å². The van der Waals surface area contributed by atoms with E-state index in [9.17, 15) is 8.42 Å². The van der Waals surface area contributed by atoms with Gasteiger partial charge in [-0.1, -0.05) is 11.6 Å². The molecule has 0 bridgehead atoms. The van der Waals surface area contributed by atoms with Gasteiger partial charge in [-0.15, -0.1) is 11.6 Å². The summed E-state index contributed by atoms with van der Waals surface area (Å²) in [5.74, 6) is 0. The Hall–Kier alpha value is -1.24. The minimum Gasteiger partial charge on any atom is -0.280 e. The maximum absolute atomic E-state index is 11.5. The highest BCUT2D eigenvalue weighted by molar-refractivity contribution is 7.93. The van der Waals surface area contributed by atoms with Crippen molar-refractivity contribution in [3.05, 3.63) is 41.7 Å². The molecule has 1 aromatic carbocycles. The lowest BCUT2D eigenvalue weighted by atomic mass is 10.3. The van der Waals surface area contributed by atoms with Crippen molar-refractivity contribution in [1.82, 2.24) is 9.78 Å². The van der Waals surface area contributed by atoms with E-state index in [-0.39, 0.29) is 0 Å². The SMILES string of the molecule is O=S(=O)(CCl)Nc1cc(Cl)ccc1-n1cccn1. The lowest BCUT2D eigenvalue weighted by Gasteiger charge is -2.11. The predicted molar refractivity (Wildman–Crippen MR) is 71.8 cm³/mol. The van der Waals surface area contributed by atoms with Gasteiger partial charge in [0, 0.05) is 17.4 Å². The van der Waals surface area contributed by atoms with Crippen molar-refractivity contribution < 1.29 is 8.42 Å². The van der Waals surface area contributed by atoms with E-state index in [1.165, 1.54) is 10.7 Å². The molecule has 0 fully saturated rings. The average molecular weight is 306 g/mol. The summed E-state index contributed by atoms with van der Waals surface area (Å²) in [6.07, 6.45) is 3.29. The second-order valence-electron chi connectivity index (χ2n) is 3.44. The highest BCUT2D eigenvalue weighted by Gasteiger charge is 2.13. The van der Waals surface area contributed by atoms with Crippen molar-refractivity contribution in [1.29, 1.82) is 0 Å². The van der Waals surface area contributed by atoms with E-state index in [1.807, 2.05) is 0 Å². The highest BCUT2D eigenvalue weighted by Crippen LogP contribution is 2.25. The molecule has 1 heterocycles. The molecule has 1 aromatic heterocycles. The second-order valence-corrected chi connectivity index (χ2v) is 6.18. The van der Waals surface area contributed by atoms with Crippen LogP contribution in [-0.4, -0.2) is 23.4 Å². The number of aromatic nitrogens is 2. The van der Waals surface area contributed by atoms with Gasteiger partial charge in [0.15, 0.2) is 0 Å². The summed E-state index contributed by atoms with van der Waals surface area (Å²) >= 11 is 11.2. The van der Waals surface area contributed by atoms with Crippen LogP contribution in [0.15, 0.2) is 36.7 Å². The summed E-state index contributed by atoms with van der Waals surface area (Å²) in [7, 11) is -3.59. The smallest absolute Gasteiger partial charge is 0.246 e. The first-order valence-electron chi connectivity index (χ1n) is 4.88. The van der Waals surface area contributed by atoms with Gasteiger partial charge in [-0.3, -0.25) is 4.72 Å². The zero-order valence-corrected chi connectivity index (χ0v) is 11.4. The van der Waals surface area contributed by atoms with Gasteiger partial charge in [-0.05, 0) is 24.3 Å². The van der Waals surface area contributed by atoms with Gasteiger partial charge in [0.25, 0.3) is 0 Å². The Kier molecular flexibility index (Phi) is 3.79. The van der Waals surface area contributed by atoms with Crippen molar-refractivity contribution in [3.63, 3.8) is 0 Å². The molecule has 18 heavy (non-hydrogen) atoms. The van der Waals surface area contributed by atoms with Crippen LogP contribution in [0.2, 0.25) is 5.02 Å². The molecule has 0 saturated carbocycles. The average Bonchev–Trinajstić information content (AvgIpc) is 2.82. The number of nitrogens with one attached hydrogen (secondary N) is 1. The molecule has 5 nitrogen and oxygen atoms in total. The molecule has 0 radical (unpaired) electrons. The molecule has 2 rings (SSSR count). The van der Waals surface area contributed by atoms with Crippen LogP contribution in [0.3, 0.4) is 0 Å². The van der Waals surface area contributed by atoms with Crippen LogP contribution in [-0.2, 0) is 10.0 Å². The van der Waals surface area contributed by atoms with E-state index in [0.717, 1.165) is 0 Å². The fourth-order valence-electron chi connectivity index (χ4n) is 1.40. The highest BCUT2D eigenvalue weighted by atomic mass is 35.5. The number of anilines is 1. The van der Waals surface area contributed by atoms with Gasteiger partial charge < -0.3 is 0 Å². The summed E-state index contributed by atoms with van der Waals surface area (Å²) < 4.78 is 26.9. The Balaban J connectivity index is 2.48. The fraction of sp³-hybridized carbons (Fsp3) is 0.100. The summed E-state index contributed by atoms with van der Waals surface area (Å²) in [5.41, 5.74) is 0.893. The fourth-order valence-corrected chi connectivity index (χ4v) is 2.28. The van der Waals surface area contributed by atoms with Crippen molar-refractivity contribution in [3.8, 4) is 5.69 Å². The van der Waals surface area contributed by atoms with Gasteiger partial charge >= 0.3 is 0 Å². The first kappa shape index (κ1) is 13.2. The number of hydrogen-bond donors (Lipinski definition) is 1. The molecule has 0 aliphatic heterocycles. The number of alkyl halides is 1. The quantitative estimate of drug-likeness (QED) is 0.883. The lowest BCUT2D eigenvalue weighted by Crippen LogP contribution is -2.15. The molecule has 0 spiro atoms. The zero-order chi connectivity index (χ0) is 13.2. The van der Waals surface area contributed by atoms with E-state index in [2.05, 4.69) is 9.82 Å². The summed E-state index contributed by atoms with van der Waals surface area (Å²) in [6.45, 7) is 0. The number of halogens is 2. The topological polar surface area (TPSA) is 64.0 Å². The first-order chi connectivity index (χ1) is 8.52. The Morgan fingerprint density at radius 1 is 1.39 bits per heavy atom. The van der Waals surface area contributed by atoms with Gasteiger partial charge in [0.05, 0.1) is 11.4 Å². The third kappa shape index (κ3) is 2.95. The van der Waals surface area contributed by atoms with Crippen LogP contribution >= 0.6 is 23.2 Å². The van der Waals surface area contributed by atoms with Crippen molar-refractivity contribution >= 4 is 38.9 Å². The molecule has 2 aromatic rings. The van der Waals surface area contributed by atoms with Crippen molar-refractivity contribution in [2.24, 2.45) is 0 Å². The minimum atomic E-state index is -3.59. The molecule has 0 amide bonds. The molecule has 1 N–H and O–H groups in total. The Labute approximate surface area is 114 Å². The molecular weight excluding hydrogens is 297 g/mol. The summed E-state index contributed by atoms with van der Waals surface area (Å²) in [6, 6.07) is 6.55. The number of rotatable bonds is 4. The monoisotopic (exact) mass is 305 g/mol. The lowest BCUT2D eigenvalue weighted by molar-refractivity contribution is 0.605. The van der Waals surface area contributed by atoms with Crippen molar-refractivity contribution in [2.75, 3.05) is 9.93 Å². The van der Waals surface area contributed by atoms with E-state index >= 15 is 0 Å². The summed E-state index contributed by atoms with van der Waals surface area (Å²) in [4.78, 5) is 0. The van der Waals surface area contributed by atoms with E-state index < -0.39 is 15.2 Å². The molecule has 0 aliphatic carbocycles. The molecule has 0 unspecified atom stereocenters. The van der Waals surface area contributed by atoms with Gasteiger partial charge in [-0.25, -0.2) is 13.1 Å². The van der Waals surface area contributed by atoms with E-state index in [4.69, 9.17) is 23.2 Å². The van der Waals surface area contributed by atoms with E-state index in [0.29, 0.717) is 16.4 Å². The third-order valence-electron chi connectivity index (χ3n) is 2.12. The molecule has 0 atom stereocenters. The molecule has 0 aliphatic rings. The third-order valence-corrected chi connectivity index (χ3v) is 4.03. The maximum atomic E-state index is 11.5. The normalized spacial score (nSPS) is 11.4. The standard InChI is InChI=1S/C10H9Cl2N3O2S/c11-7-18(16,17)14-9-6-8(12)2-3-10(9)15-5-1-4-13-15/h1-6,14H,7H2. The first-order valence-corrected chi connectivity index (χ1v) is 7.44. The number of sulfonamides is 1. The number of nitrogens with zero attached hydrogens (tertiary/aromatic N) is 2. The molecular formula is C10H9Cl2N3O2S. The van der Waals surface area contributed by atoms with Gasteiger partial charge in [0.1, 0.15) is 5.21 Å².